The van der Waals surface area contributed by atoms with Crippen molar-refractivity contribution in [3.8, 4) is 16.9 Å². The molecule has 0 unspecified atom stereocenters. The summed E-state index contributed by atoms with van der Waals surface area (Å²) in [5, 5.41) is 15.0. The van der Waals surface area contributed by atoms with Crippen LogP contribution in [-0.2, 0) is 11.2 Å². The number of hydrogen-bond acceptors (Lipinski definition) is 4. The second-order valence-electron chi connectivity index (χ2n) is 6.73. The molecule has 0 radical (unpaired) electrons. The van der Waals surface area contributed by atoms with Crippen LogP contribution in [0, 0.1) is 10.7 Å². The standard InChI is InChI=1S/C23H21FN2O3/c24-19-14-17(11-13-22(19)27)18-10-12-20(26-29)21(15-18)25-23(28)9-5-4-8-16-6-2-1-3-7-16/h1-3,6-7,10-15,27H,4-5,8-9H2,(H,25,28). The van der Waals surface area contributed by atoms with Gasteiger partial charge in [-0.05, 0) is 65.4 Å². The van der Waals surface area contributed by atoms with Crippen LogP contribution in [0.25, 0.3) is 11.1 Å². The molecule has 148 valence electrons. The molecule has 0 bridgehead atoms. The number of anilines is 1. The molecule has 0 aliphatic carbocycles. The smallest absolute Gasteiger partial charge is 0.224 e. The highest BCUT2D eigenvalue weighted by atomic mass is 19.1. The molecule has 0 saturated heterocycles. The summed E-state index contributed by atoms with van der Waals surface area (Å²) in [6.45, 7) is 0. The first kappa shape index (κ1) is 20.2. The van der Waals surface area contributed by atoms with E-state index in [1.165, 1.54) is 23.8 Å². The average molecular weight is 392 g/mol. The van der Waals surface area contributed by atoms with E-state index >= 15 is 0 Å². The van der Waals surface area contributed by atoms with E-state index in [4.69, 9.17) is 0 Å². The predicted molar refractivity (Wildman–Crippen MR) is 112 cm³/mol. The lowest BCUT2D eigenvalue weighted by Crippen LogP contribution is -2.11. The minimum absolute atomic E-state index is 0.102. The van der Waals surface area contributed by atoms with Crippen molar-refractivity contribution in [2.24, 2.45) is 5.18 Å². The van der Waals surface area contributed by atoms with Crippen LogP contribution < -0.4 is 5.32 Å². The lowest BCUT2D eigenvalue weighted by atomic mass is 10.0. The van der Waals surface area contributed by atoms with E-state index < -0.39 is 11.6 Å². The van der Waals surface area contributed by atoms with Gasteiger partial charge in [0.05, 0.1) is 5.69 Å². The maximum atomic E-state index is 13.6. The Morgan fingerprint density at radius 2 is 1.69 bits per heavy atom. The third-order valence-corrected chi connectivity index (χ3v) is 4.61. The fourth-order valence-electron chi connectivity index (χ4n) is 3.05. The first-order valence-electron chi connectivity index (χ1n) is 9.37. The first-order chi connectivity index (χ1) is 14.1. The Morgan fingerprint density at radius 1 is 0.966 bits per heavy atom. The largest absolute Gasteiger partial charge is 0.505 e. The molecule has 0 aromatic heterocycles. The highest BCUT2D eigenvalue weighted by Gasteiger charge is 2.11. The normalized spacial score (nSPS) is 10.5. The van der Waals surface area contributed by atoms with Gasteiger partial charge in [-0.3, -0.25) is 4.79 Å². The molecule has 29 heavy (non-hydrogen) atoms. The van der Waals surface area contributed by atoms with Gasteiger partial charge in [-0.1, -0.05) is 42.5 Å². The van der Waals surface area contributed by atoms with Crippen LogP contribution >= 0.6 is 0 Å². The Bertz CT molecular complexity index is 1010. The Balaban J connectivity index is 1.63. The predicted octanol–water partition coefficient (Wildman–Crippen LogP) is 5.95. The Kier molecular flexibility index (Phi) is 6.68. The van der Waals surface area contributed by atoms with Gasteiger partial charge in [0.25, 0.3) is 0 Å². The molecule has 0 atom stereocenters. The SMILES string of the molecule is O=Nc1ccc(-c2ccc(O)c(F)c2)cc1NC(=O)CCCCc1ccccc1. The lowest BCUT2D eigenvalue weighted by molar-refractivity contribution is -0.116. The van der Waals surface area contributed by atoms with Gasteiger partial charge in [-0.2, -0.15) is 0 Å². The van der Waals surface area contributed by atoms with E-state index in [-0.39, 0.29) is 17.3 Å². The van der Waals surface area contributed by atoms with Crippen molar-refractivity contribution in [2.45, 2.75) is 25.7 Å². The monoisotopic (exact) mass is 392 g/mol. The average Bonchev–Trinajstić information content (AvgIpc) is 2.74. The van der Waals surface area contributed by atoms with Crippen LogP contribution in [0.3, 0.4) is 0 Å². The maximum Gasteiger partial charge on any atom is 0.224 e. The number of amides is 1. The Hall–Kier alpha value is -3.54. The molecule has 0 fully saturated rings. The number of nitroso groups, excluding NO2 is 1. The number of nitrogens with zero attached hydrogens (tertiary/aromatic N) is 1. The topological polar surface area (TPSA) is 78.8 Å². The molecule has 3 aromatic rings. The van der Waals surface area contributed by atoms with E-state index in [1.54, 1.807) is 18.2 Å². The quantitative estimate of drug-likeness (QED) is 0.367. The molecule has 2 N–H and O–H groups in total. The number of phenols is 1. The van der Waals surface area contributed by atoms with Crippen molar-refractivity contribution in [1.29, 1.82) is 0 Å². The highest BCUT2D eigenvalue weighted by Crippen LogP contribution is 2.32. The zero-order chi connectivity index (χ0) is 20.6. The molecular weight excluding hydrogens is 371 g/mol. The summed E-state index contributed by atoms with van der Waals surface area (Å²) in [7, 11) is 0. The van der Waals surface area contributed by atoms with Gasteiger partial charge < -0.3 is 10.4 Å². The third kappa shape index (κ3) is 5.48. The summed E-state index contributed by atoms with van der Waals surface area (Å²) in [6.07, 6.45) is 2.82. The summed E-state index contributed by atoms with van der Waals surface area (Å²) >= 11 is 0. The van der Waals surface area contributed by atoms with Crippen LogP contribution in [0.1, 0.15) is 24.8 Å². The Labute approximate surface area is 168 Å². The lowest BCUT2D eigenvalue weighted by Gasteiger charge is -2.10. The number of hydrogen-bond donors (Lipinski definition) is 2. The van der Waals surface area contributed by atoms with Gasteiger partial charge in [-0.15, -0.1) is 4.91 Å². The molecule has 0 aliphatic heterocycles. The summed E-state index contributed by atoms with van der Waals surface area (Å²) in [4.78, 5) is 23.4. The number of aromatic hydroxyl groups is 1. The number of phenolic OH excluding ortho intramolecular Hbond substituents is 1. The minimum atomic E-state index is -0.746. The fraction of sp³-hybridized carbons (Fsp3) is 0.174. The van der Waals surface area contributed by atoms with Crippen molar-refractivity contribution in [3.63, 3.8) is 0 Å². The van der Waals surface area contributed by atoms with Gasteiger partial charge >= 0.3 is 0 Å². The number of rotatable bonds is 8. The van der Waals surface area contributed by atoms with Crippen molar-refractivity contribution < 1.29 is 14.3 Å². The van der Waals surface area contributed by atoms with Crippen molar-refractivity contribution in [2.75, 3.05) is 5.32 Å². The van der Waals surface area contributed by atoms with Crippen molar-refractivity contribution >= 4 is 17.3 Å². The van der Waals surface area contributed by atoms with E-state index in [1.807, 2.05) is 18.2 Å². The summed E-state index contributed by atoms with van der Waals surface area (Å²) in [6, 6.07) is 18.7. The van der Waals surface area contributed by atoms with Gasteiger partial charge in [-0.25, -0.2) is 4.39 Å². The van der Waals surface area contributed by atoms with Crippen LogP contribution in [0.15, 0.2) is 71.9 Å². The van der Waals surface area contributed by atoms with E-state index in [0.717, 1.165) is 12.8 Å². The number of carbonyl (C=O) groups is 1. The molecule has 5 nitrogen and oxygen atoms in total. The van der Waals surface area contributed by atoms with E-state index in [2.05, 4.69) is 22.6 Å². The van der Waals surface area contributed by atoms with Gasteiger partial charge in [0.15, 0.2) is 11.6 Å². The molecule has 0 aliphatic rings. The van der Waals surface area contributed by atoms with E-state index in [0.29, 0.717) is 24.0 Å². The number of benzene rings is 3. The first-order valence-corrected chi connectivity index (χ1v) is 9.37. The molecule has 3 aromatic carbocycles. The second-order valence-corrected chi connectivity index (χ2v) is 6.73. The molecule has 0 saturated carbocycles. The molecule has 6 heteroatoms. The minimum Gasteiger partial charge on any atom is -0.505 e. The highest BCUT2D eigenvalue weighted by molar-refractivity contribution is 5.94. The number of carbonyl (C=O) groups excluding carboxylic acids is 1. The zero-order valence-electron chi connectivity index (χ0n) is 15.8. The fourth-order valence-corrected chi connectivity index (χ4v) is 3.05. The third-order valence-electron chi connectivity index (χ3n) is 4.61. The zero-order valence-corrected chi connectivity index (χ0v) is 15.8. The van der Waals surface area contributed by atoms with Crippen LogP contribution in [0.5, 0.6) is 5.75 Å². The second kappa shape index (κ2) is 9.59. The summed E-state index contributed by atoms with van der Waals surface area (Å²) in [5.41, 5.74) is 2.71. The molecule has 1 amide bonds. The Morgan fingerprint density at radius 3 is 2.41 bits per heavy atom. The maximum absolute atomic E-state index is 13.6. The molecule has 0 heterocycles. The molecular formula is C23H21FN2O3. The van der Waals surface area contributed by atoms with E-state index in [9.17, 15) is 19.2 Å². The number of nitrogens with one attached hydrogen (secondary N) is 1. The number of halogens is 1. The van der Waals surface area contributed by atoms with Crippen LogP contribution in [0.4, 0.5) is 15.8 Å². The number of aryl methyl sites for hydroxylation is 1. The van der Waals surface area contributed by atoms with Crippen molar-refractivity contribution in [3.05, 3.63) is 83.0 Å². The summed E-state index contributed by atoms with van der Waals surface area (Å²) < 4.78 is 13.6. The van der Waals surface area contributed by atoms with Gasteiger partial charge in [0, 0.05) is 6.42 Å². The van der Waals surface area contributed by atoms with Crippen LogP contribution in [0.2, 0.25) is 0 Å². The van der Waals surface area contributed by atoms with Gasteiger partial charge in [0.2, 0.25) is 5.91 Å². The van der Waals surface area contributed by atoms with Gasteiger partial charge in [0.1, 0.15) is 5.69 Å². The molecule has 0 spiro atoms. The van der Waals surface area contributed by atoms with Crippen LogP contribution in [-0.4, -0.2) is 11.0 Å². The summed E-state index contributed by atoms with van der Waals surface area (Å²) in [5.74, 6) is -1.40. The number of unbranched alkanes of at least 4 members (excludes halogenated alkanes) is 1. The van der Waals surface area contributed by atoms with Crippen molar-refractivity contribution in [1.82, 2.24) is 0 Å². The molecule has 3 rings (SSSR count).